The highest BCUT2D eigenvalue weighted by Crippen LogP contribution is 2.35. The van der Waals surface area contributed by atoms with E-state index in [-0.39, 0.29) is 5.75 Å². The van der Waals surface area contributed by atoms with Crippen LogP contribution in [0.2, 0.25) is 0 Å². The first-order valence-electron chi connectivity index (χ1n) is 5.52. The first-order chi connectivity index (χ1) is 7.72. The van der Waals surface area contributed by atoms with Crippen LogP contribution in [-0.2, 0) is 0 Å². The second kappa shape index (κ2) is 5.23. The van der Waals surface area contributed by atoms with Gasteiger partial charge in [-0.25, -0.2) is 0 Å². The number of rotatable bonds is 2. The molecule has 0 aliphatic carbocycles. The number of phenolic OH excluding ortho intramolecular Hbond substituents is 1. The summed E-state index contributed by atoms with van der Waals surface area (Å²) in [5.41, 5.74) is 1.21. The summed E-state index contributed by atoms with van der Waals surface area (Å²) in [4.78, 5) is 0. The van der Waals surface area contributed by atoms with Crippen molar-refractivity contribution in [2.75, 3.05) is 13.7 Å². The average Bonchev–Trinajstić information content (AvgIpc) is 2.33. The van der Waals surface area contributed by atoms with Gasteiger partial charge in [-0.1, -0.05) is 6.42 Å². The van der Waals surface area contributed by atoms with Gasteiger partial charge in [0.15, 0.2) is 11.5 Å². The lowest BCUT2D eigenvalue weighted by atomic mass is 9.97. The Kier molecular flexibility index (Phi) is 3.91. The molecule has 88 valence electrons. The van der Waals surface area contributed by atoms with Gasteiger partial charge in [-0.15, -0.1) is 0 Å². The fraction of sp³-hybridized carbons (Fsp3) is 0.500. The van der Waals surface area contributed by atoms with Crippen molar-refractivity contribution >= 4 is 22.6 Å². The molecule has 2 N–H and O–H groups in total. The van der Waals surface area contributed by atoms with Gasteiger partial charge >= 0.3 is 0 Å². The zero-order valence-electron chi connectivity index (χ0n) is 9.29. The van der Waals surface area contributed by atoms with Crippen LogP contribution < -0.4 is 10.1 Å². The fourth-order valence-corrected chi connectivity index (χ4v) is 2.71. The number of aromatic hydroxyl groups is 1. The van der Waals surface area contributed by atoms with E-state index in [0.717, 1.165) is 16.5 Å². The Morgan fingerprint density at radius 2 is 2.25 bits per heavy atom. The minimum absolute atomic E-state index is 0.239. The number of hydrogen-bond acceptors (Lipinski definition) is 3. The minimum Gasteiger partial charge on any atom is -0.504 e. The van der Waals surface area contributed by atoms with Gasteiger partial charge in [0.25, 0.3) is 0 Å². The fourth-order valence-electron chi connectivity index (χ4n) is 2.09. The van der Waals surface area contributed by atoms with Crippen LogP contribution in [0.15, 0.2) is 12.1 Å². The molecule has 16 heavy (non-hydrogen) atoms. The number of phenols is 1. The maximum atomic E-state index is 9.77. The average molecular weight is 333 g/mol. The van der Waals surface area contributed by atoms with Crippen LogP contribution in [0.3, 0.4) is 0 Å². The molecule has 2 rings (SSSR count). The zero-order chi connectivity index (χ0) is 11.5. The van der Waals surface area contributed by atoms with Crippen LogP contribution in [0, 0.1) is 3.57 Å². The topological polar surface area (TPSA) is 41.5 Å². The molecule has 0 radical (unpaired) electrons. The molecule has 0 saturated carbocycles. The lowest BCUT2D eigenvalue weighted by Crippen LogP contribution is -2.26. The molecule has 1 unspecified atom stereocenters. The summed E-state index contributed by atoms with van der Waals surface area (Å²) in [5.74, 6) is 0.803. The Labute approximate surface area is 109 Å². The number of hydrogen-bond donors (Lipinski definition) is 2. The number of piperidine rings is 1. The highest BCUT2D eigenvalue weighted by Gasteiger charge is 2.18. The van der Waals surface area contributed by atoms with Crippen molar-refractivity contribution in [1.82, 2.24) is 5.32 Å². The molecule has 1 aromatic carbocycles. The monoisotopic (exact) mass is 333 g/mol. The summed E-state index contributed by atoms with van der Waals surface area (Å²) < 4.78 is 6.02. The molecular formula is C12H16INO2. The molecule has 1 aliphatic rings. The highest BCUT2D eigenvalue weighted by molar-refractivity contribution is 14.1. The molecule has 1 fully saturated rings. The Morgan fingerprint density at radius 1 is 1.44 bits per heavy atom. The van der Waals surface area contributed by atoms with Crippen molar-refractivity contribution in [2.45, 2.75) is 25.3 Å². The molecule has 0 spiro atoms. The molecule has 3 nitrogen and oxygen atoms in total. The number of benzene rings is 1. The Morgan fingerprint density at radius 3 is 2.88 bits per heavy atom. The molecule has 1 aliphatic heterocycles. The Hall–Kier alpha value is -0.490. The lowest BCUT2D eigenvalue weighted by molar-refractivity contribution is 0.367. The Bertz CT molecular complexity index is 376. The lowest BCUT2D eigenvalue weighted by Gasteiger charge is -2.24. The van der Waals surface area contributed by atoms with Gasteiger partial charge in [0.2, 0.25) is 0 Å². The summed E-state index contributed by atoms with van der Waals surface area (Å²) in [7, 11) is 1.59. The smallest absolute Gasteiger partial charge is 0.171 e. The largest absolute Gasteiger partial charge is 0.504 e. The number of halogens is 1. The molecule has 1 aromatic rings. The number of methoxy groups -OCH3 is 1. The van der Waals surface area contributed by atoms with Gasteiger partial charge in [-0.2, -0.15) is 0 Å². The molecular weight excluding hydrogens is 317 g/mol. The SMILES string of the molecule is COc1cc(C2CCCCN2)cc(I)c1O. The van der Waals surface area contributed by atoms with E-state index in [0.29, 0.717) is 11.8 Å². The van der Waals surface area contributed by atoms with Crippen LogP contribution in [0.25, 0.3) is 0 Å². The number of nitrogens with one attached hydrogen (secondary N) is 1. The van der Waals surface area contributed by atoms with Gasteiger partial charge in [0.05, 0.1) is 10.7 Å². The predicted molar refractivity (Wildman–Crippen MR) is 72.0 cm³/mol. The predicted octanol–water partition coefficient (Wildman–Crippen LogP) is 2.82. The summed E-state index contributed by atoms with van der Waals surface area (Å²) in [6, 6.07) is 4.36. The minimum atomic E-state index is 0.239. The Balaban J connectivity index is 2.29. The summed E-state index contributed by atoms with van der Waals surface area (Å²) in [5, 5.41) is 13.3. The van der Waals surface area contributed by atoms with Crippen molar-refractivity contribution in [3.8, 4) is 11.5 Å². The maximum absolute atomic E-state index is 9.77. The van der Waals surface area contributed by atoms with Crippen molar-refractivity contribution in [2.24, 2.45) is 0 Å². The number of ether oxygens (including phenoxy) is 1. The van der Waals surface area contributed by atoms with E-state index in [2.05, 4.69) is 27.9 Å². The van der Waals surface area contributed by atoms with Crippen LogP contribution in [0.4, 0.5) is 0 Å². The summed E-state index contributed by atoms with van der Waals surface area (Å²) in [6.45, 7) is 1.07. The van der Waals surface area contributed by atoms with Crippen LogP contribution in [0.1, 0.15) is 30.9 Å². The van der Waals surface area contributed by atoms with E-state index < -0.39 is 0 Å². The highest BCUT2D eigenvalue weighted by atomic mass is 127. The molecule has 1 saturated heterocycles. The standard InChI is InChI=1S/C12H16INO2/c1-16-11-7-8(6-9(13)12(11)15)10-4-2-3-5-14-10/h6-7,10,14-15H,2-5H2,1H3. The molecule has 0 bridgehead atoms. The van der Waals surface area contributed by atoms with Crippen molar-refractivity contribution in [3.63, 3.8) is 0 Å². The normalized spacial score (nSPS) is 20.8. The third kappa shape index (κ3) is 2.43. The van der Waals surface area contributed by atoms with Gasteiger partial charge in [0, 0.05) is 6.04 Å². The van der Waals surface area contributed by atoms with Crippen molar-refractivity contribution < 1.29 is 9.84 Å². The second-order valence-corrected chi connectivity index (χ2v) is 5.22. The summed E-state index contributed by atoms with van der Waals surface area (Å²) >= 11 is 2.14. The molecule has 0 aromatic heterocycles. The summed E-state index contributed by atoms with van der Waals surface area (Å²) in [6.07, 6.45) is 3.67. The molecule has 1 atom stereocenters. The molecule has 4 heteroatoms. The van der Waals surface area contributed by atoms with Crippen LogP contribution >= 0.6 is 22.6 Å². The van der Waals surface area contributed by atoms with Gasteiger partial charge < -0.3 is 15.2 Å². The van der Waals surface area contributed by atoms with E-state index in [1.807, 2.05) is 12.1 Å². The van der Waals surface area contributed by atoms with Crippen molar-refractivity contribution in [1.29, 1.82) is 0 Å². The third-order valence-electron chi connectivity index (χ3n) is 2.98. The van der Waals surface area contributed by atoms with Gasteiger partial charge in [-0.05, 0) is 59.7 Å². The third-order valence-corrected chi connectivity index (χ3v) is 3.81. The van der Waals surface area contributed by atoms with Gasteiger partial charge in [-0.3, -0.25) is 0 Å². The first kappa shape index (κ1) is 12.0. The van der Waals surface area contributed by atoms with Crippen LogP contribution in [0.5, 0.6) is 11.5 Å². The van der Waals surface area contributed by atoms with Crippen LogP contribution in [-0.4, -0.2) is 18.8 Å². The van der Waals surface area contributed by atoms with E-state index >= 15 is 0 Å². The second-order valence-electron chi connectivity index (χ2n) is 4.06. The quantitative estimate of drug-likeness (QED) is 0.818. The molecule has 1 heterocycles. The van der Waals surface area contributed by atoms with E-state index in [9.17, 15) is 5.11 Å². The first-order valence-corrected chi connectivity index (χ1v) is 6.60. The van der Waals surface area contributed by atoms with E-state index in [1.54, 1.807) is 7.11 Å². The molecule has 0 amide bonds. The zero-order valence-corrected chi connectivity index (χ0v) is 11.5. The van der Waals surface area contributed by atoms with Gasteiger partial charge in [0.1, 0.15) is 0 Å². The van der Waals surface area contributed by atoms with E-state index in [4.69, 9.17) is 4.74 Å². The van der Waals surface area contributed by atoms with Crippen molar-refractivity contribution in [3.05, 3.63) is 21.3 Å². The van der Waals surface area contributed by atoms with E-state index in [1.165, 1.54) is 18.4 Å². The maximum Gasteiger partial charge on any atom is 0.171 e.